The molecule has 2 heterocycles. The zero-order chi connectivity index (χ0) is 11.4. The maximum absolute atomic E-state index is 12.0. The molecule has 2 N–H and O–H groups in total. The van der Waals surface area contributed by atoms with Crippen LogP contribution in [0.2, 0.25) is 0 Å². The summed E-state index contributed by atoms with van der Waals surface area (Å²) in [7, 11) is 0. The predicted octanol–water partition coefficient (Wildman–Crippen LogP) is 1.39. The Morgan fingerprint density at radius 2 is 2.44 bits per heavy atom. The standard InChI is InChI=1S/C12H22N2OS/c1-12(5-6-13-9-12)11(15)14-8-10-4-2-3-7-16-10/h10,13H,2-9H2,1H3,(H,14,15). The van der Waals surface area contributed by atoms with Crippen LogP contribution >= 0.6 is 11.8 Å². The Balaban J connectivity index is 1.74. The third-order valence-electron chi connectivity index (χ3n) is 3.68. The third kappa shape index (κ3) is 2.92. The molecule has 0 aromatic heterocycles. The Morgan fingerprint density at radius 1 is 1.56 bits per heavy atom. The molecule has 0 radical (unpaired) electrons. The molecule has 2 saturated heterocycles. The van der Waals surface area contributed by atoms with Crippen molar-refractivity contribution in [2.75, 3.05) is 25.4 Å². The molecule has 2 atom stereocenters. The van der Waals surface area contributed by atoms with Gasteiger partial charge in [-0.2, -0.15) is 11.8 Å². The average molecular weight is 242 g/mol. The van der Waals surface area contributed by atoms with E-state index >= 15 is 0 Å². The molecule has 92 valence electrons. The number of hydrogen-bond acceptors (Lipinski definition) is 3. The van der Waals surface area contributed by atoms with Gasteiger partial charge >= 0.3 is 0 Å². The van der Waals surface area contributed by atoms with Gasteiger partial charge in [-0.1, -0.05) is 6.42 Å². The molecule has 2 unspecified atom stereocenters. The highest BCUT2D eigenvalue weighted by Crippen LogP contribution is 2.26. The normalized spacial score (nSPS) is 34.9. The van der Waals surface area contributed by atoms with Gasteiger partial charge in [0, 0.05) is 18.3 Å². The molecule has 0 spiro atoms. The van der Waals surface area contributed by atoms with E-state index in [1.165, 1.54) is 25.0 Å². The summed E-state index contributed by atoms with van der Waals surface area (Å²) in [6.45, 7) is 4.73. The largest absolute Gasteiger partial charge is 0.354 e. The molecule has 16 heavy (non-hydrogen) atoms. The van der Waals surface area contributed by atoms with E-state index in [4.69, 9.17) is 0 Å². The second-order valence-electron chi connectivity index (χ2n) is 5.19. The van der Waals surface area contributed by atoms with E-state index in [1.54, 1.807) is 0 Å². The van der Waals surface area contributed by atoms with Crippen molar-refractivity contribution < 1.29 is 4.79 Å². The predicted molar refractivity (Wildman–Crippen MR) is 68.7 cm³/mol. The van der Waals surface area contributed by atoms with E-state index < -0.39 is 0 Å². The number of nitrogens with one attached hydrogen (secondary N) is 2. The fourth-order valence-electron chi connectivity index (χ4n) is 2.40. The van der Waals surface area contributed by atoms with E-state index in [0.717, 1.165) is 26.1 Å². The summed E-state index contributed by atoms with van der Waals surface area (Å²) >= 11 is 2.02. The Bertz CT molecular complexity index is 245. The van der Waals surface area contributed by atoms with Crippen molar-refractivity contribution in [3.8, 4) is 0 Å². The van der Waals surface area contributed by atoms with E-state index in [0.29, 0.717) is 5.25 Å². The van der Waals surface area contributed by atoms with Crippen molar-refractivity contribution in [3.05, 3.63) is 0 Å². The van der Waals surface area contributed by atoms with Gasteiger partial charge in [0.2, 0.25) is 5.91 Å². The molecule has 0 aliphatic carbocycles. The minimum Gasteiger partial charge on any atom is -0.354 e. The van der Waals surface area contributed by atoms with Crippen molar-refractivity contribution in [1.29, 1.82) is 0 Å². The second kappa shape index (κ2) is 5.41. The number of carbonyl (C=O) groups excluding carboxylic acids is 1. The lowest BCUT2D eigenvalue weighted by molar-refractivity contribution is -0.129. The van der Waals surface area contributed by atoms with Gasteiger partial charge in [-0.05, 0) is 38.5 Å². The molecular weight excluding hydrogens is 220 g/mol. The van der Waals surface area contributed by atoms with Gasteiger partial charge in [-0.25, -0.2) is 0 Å². The number of hydrogen-bond donors (Lipinski definition) is 2. The lowest BCUT2D eigenvalue weighted by Crippen LogP contribution is -2.43. The van der Waals surface area contributed by atoms with Gasteiger partial charge in [0.1, 0.15) is 0 Å². The topological polar surface area (TPSA) is 41.1 Å². The highest BCUT2D eigenvalue weighted by Gasteiger charge is 2.36. The minimum absolute atomic E-state index is 0.167. The van der Waals surface area contributed by atoms with Gasteiger partial charge in [0.15, 0.2) is 0 Å². The Kier molecular flexibility index (Phi) is 4.14. The summed E-state index contributed by atoms with van der Waals surface area (Å²) in [5.74, 6) is 1.50. The van der Waals surface area contributed by atoms with Crippen LogP contribution in [-0.4, -0.2) is 36.5 Å². The number of amides is 1. The second-order valence-corrected chi connectivity index (χ2v) is 6.59. The van der Waals surface area contributed by atoms with Crippen LogP contribution < -0.4 is 10.6 Å². The highest BCUT2D eigenvalue weighted by atomic mass is 32.2. The van der Waals surface area contributed by atoms with Gasteiger partial charge in [0.25, 0.3) is 0 Å². The smallest absolute Gasteiger partial charge is 0.227 e. The van der Waals surface area contributed by atoms with Crippen LogP contribution in [0.4, 0.5) is 0 Å². The Labute approximate surface area is 102 Å². The zero-order valence-electron chi connectivity index (χ0n) is 10.1. The molecule has 0 bridgehead atoms. The van der Waals surface area contributed by atoms with Gasteiger partial charge in [-0.15, -0.1) is 0 Å². The van der Waals surface area contributed by atoms with E-state index in [2.05, 4.69) is 17.6 Å². The summed E-state index contributed by atoms with van der Waals surface area (Å²) in [5, 5.41) is 7.05. The van der Waals surface area contributed by atoms with Crippen LogP contribution in [0.25, 0.3) is 0 Å². The monoisotopic (exact) mass is 242 g/mol. The van der Waals surface area contributed by atoms with Crippen LogP contribution in [0, 0.1) is 5.41 Å². The van der Waals surface area contributed by atoms with E-state index in [1.807, 2.05) is 11.8 Å². The molecule has 2 aliphatic heterocycles. The third-order valence-corrected chi connectivity index (χ3v) is 5.08. The fourth-order valence-corrected chi connectivity index (χ4v) is 3.64. The van der Waals surface area contributed by atoms with Crippen LogP contribution in [0.3, 0.4) is 0 Å². The first-order chi connectivity index (χ1) is 7.71. The van der Waals surface area contributed by atoms with Crippen molar-refractivity contribution in [3.63, 3.8) is 0 Å². The first-order valence-electron chi connectivity index (χ1n) is 6.31. The summed E-state index contributed by atoms with van der Waals surface area (Å²) in [4.78, 5) is 12.0. The van der Waals surface area contributed by atoms with Crippen molar-refractivity contribution in [2.24, 2.45) is 5.41 Å². The quantitative estimate of drug-likeness (QED) is 0.786. The van der Waals surface area contributed by atoms with Crippen molar-refractivity contribution in [1.82, 2.24) is 10.6 Å². The lowest BCUT2D eigenvalue weighted by atomic mass is 9.89. The molecule has 2 fully saturated rings. The summed E-state index contributed by atoms with van der Waals surface area (Å²) < 4.78 is 0. The van der Waals surface area contributed by atoms with Crippen LogP contribution in [0.15, 0.2) is 0 Å². The van der Waals surface area contributed by atoms with Crippen molar-refractivity contribution >= 4 is 17.7 Å². The maximum Gasteiger partial charge on any atom is 0.227 e. The van der Waals surface area contributed by atoms with Crippen LogP contribution in [0.5, 0.6) is 0 Å². The maximum atomic E-state index is 12.0. The molecule has 1 amide bonds. The highest BCUT2D eigenvalue weighted by molar-refractivity contribution is 7.99. The molecule has 0 aromatic carbocycles. The molecular formula is C12H22N2OS. The lowest BCUT2D eigenvalue weighted by Gasteiger charge is -2.25. The average Bonchev–Trinajstić information content (AvgIpc) is 2.76. The molecule has 0 saturated carbocycles. The molecule has 3 nitrogen and oxygen atoms in total. The summed E-state index contributed by atoms with van der Waals surface area (Å²) in [6, 6.07) is 0. The minimum atomic E-state index is -0.167. The van der Waals surface area contributed by atoms with Crippen molar-refractivity contribution in [2.45, 2.75) is 37.9 Å². The van der Waals surface area contributed by atoms with E-state index in [-0.39, 0.29) is 11.3 Å². The molecule has 2 rings (SSSR count). The number of carbonyl (C=O) groups is 1. The number of thioether (sulfide) groups is 1. The first kappa shape index (κ1) is 12.2. The summed E-state index contributed by atoms with van der Waals surface area (Å²) in [5.41, 5.74) is -0.167. The molecule has 4 heteroatoms. The molecule has 2 aliphatic rings. The Hall–Kier alpha value is -0.220. The first-order valence-corrected chi connectivity index (χ1v) is 7.36. The van der Waals surface area contributed by atoms with Gasteiger partial charge in [-0.3, -0.25) is 4.79 Å². The Morgan fingerprint density at radius 3 is 3.06 bits per heavy atom. The molecule has 0 aromatic rings. The number of rotatable bonds is 3. The fraction of sp³-hybridized carbons (Fsp3) is 0.917. The van der Waals surface area contributed by atoms with Crippen LogP contribution in [0.1, 0.15) is 32.6 Å². The van der Waals surface area contributed by atoms with Crippen LogP contribution in [-0.2, 0) is 4.79 Å². The van der Waals surface area contributed by atoms with Gasteiger partial charge in [0.05, 0.1) is 5.41 Å². The van der Waals surface area contributed by atoms with E-state index in [9.17, 15) is 4.79 Å². The zero-order valence-corrected chi connectivity index (χ0v) is 10.9. The van der Waals surface area contributed by atoms with Gasteiger partial charge < -0.3 is 10.6 Å². The summed E-state index contributed by atoms with van der Waals surface area (Å²) in [6.07, 6.45) is 4.90. The SMILES string of the molecule is CC1(C(=O)NCC2CCCCS2)CCNC1.